The van der Waals surface area contributed by atoms with Gasteiger partial charge in [-0.25, -0.2) is 9.78 Å². The molecule has 1 atom stereocenters. The highest BCUT2D eigenvalue weighted by atomic mass is 35.5. The van der Waals surface area contributed by atoms with Crippen molar-refractivity contribution in [1.82, 2.24) is 19.4 Å². The first-order valence-electron chi connectivity index (χ1n) is 8.11. The molecule has 2 aromatic heterocycles. The highest BCUT2D eigenvalue weighted by Crippen LogP contribution is 2.41. The van der Waals surface area contributed by atoms with E-state index in [0.29, 0.717) is 46.3 Å². The Morgan fingerprint density at radius 2 is 1.84 bits per heavy atom. The van der Waals surface area contributed by atoms with Crippen LogP contribution in [-0.4, -0.2) is 65.1 Å². The minimum Gasteiger partial charge on any atom is -0.341 e. The molecule has 0 bridgehead atoms. The number of anilines is 2. The fourth-order valence-corrected chi connectivity index (χ4v) is 3.92. The van der Waals surface area contributed by atoms with Gasteiger partial charge in [-0.2, -0.15) is 4.98 Å². The van der Waals surface area contributed by atoms with Crippen LogP contribution in [0.4, 0.5) is 11.5 Å². The normalized spacial score (nSPS) is 20.8. The predicted molar refractivity (Wildman–Crippen MR) is 96.6 cm³/mol. The molecule has 1 fully saturated rings. The lowest BCUT2D eigenvalue weighted by Crippen LogP contribution is -2.58. The molecule has 0 N–H and O–H groups in total. The SMILES string of the molecule is Cc1nc2c3c(nc(=O)n2C)N2CCN(C)CC2C(=O)N(C)c3c1Cl. The Morgan fingerprint density at radius 1 is 1.12 bits per heavy atom. The minimum absolute atomic E-state index is 0.0616. The van der Waals surface area contributed by atoms with Crippen molar-refractivity contribution >= 4 is 40.0 Å². The van der Waals surface area contributed by atoms with Crippen LogP contribution in [-0.2, 0) is 11.8 Å². The second-order valence-corrected chi connectivity index (χ2v) is 7.08. The molecule has 1 unspecified atom stereocenters. The van der Waals surface area contributed by atoms with Gasteiger partial charge < -0.3 is 14.7 Å². The molecule has 25 heavy (non-hydrogen) atoms. The van der Waals surface area contributed by atoms with Crippen LogP contribution in [0.3, 0.4) is 0 Å². The molecule has 2 aliphatic rings. The van der Waals surface area contributed by atoms with Gasteiger partial charge in [0.25, 0.3) is 5.91 Å². The maximum Gasteiger partial charge on any atom is 0.350 e. The fraction of sp³-hybridized carbons (Fsp3) is 0.500. The number of piperazine rings is 1. The van der Waals surface area contributed by atoms with E-state index in [9.17, 15) is 9.59 Å². The van der Waals surface area contributed by atoms with Gasteiger partial charge in [0.05, 0.1) is 21.8 Å². The lowest BCUT2D eigenvalue weighted by Gasteiger charge is -2.39. The molecule has 0 aromatic carbocycles. The van der Waals surface area contributed by atoms with Gasteiger partial charge in [0, 0.05) is 33.7 Å². The number of pyridine rings is 1. The van der Waals surface area contributed by atoms with Gasteiger partial charge in [-0.15, -0.1) is 0 Å². The number of halogens is 1. The van der Waals surface area contributed by atoms with Crippen LogP contribution in [0.5, 0.6) is 0 Å². The lowest BCUT2D eigenvalue weighted by molar-refractivity contribution is -0.120. The Hall–Kier alpha value is -2.19. The number of aryl methyl sites for hydroxylation is 2. The molecular formula is C16H19ClN6O2. The average molecular weight is 363 g/mol. The zero-order chi connectivity index (χ0) is 18.0. The number of likely N-dealkylation sites (N-methyl/N-ethyl adjacent to an activating group) is 2. The molecule has 0 aliphatic carbocycles. The molecule has 4 rings (SSSR count). The molecule has 1 amide bonds. The van der Waals surface area contributed by atoms with Crippen molar-refractivity contribution in [2.24, 2.45) is 7.05 Å². The van der Waals surface area contributed by atoms with Gasteiger partial charge in [-0.1, -0.05) is 11.6 Å². The number of hydrogen-bond donors (Lipinski definition) is 0. The third-order valence-corrected chi connectivity index (χ3v) is 5.55. The number of hydrogen-bond acceptors (Lipinski definition) is 6. The van der Waals surface area contributed by atoms with Crippen molar-refractivity contribution < 1.29 is 4.79 Å². The van der Waals surface area contributed by atoms with E-state index in [2.05, 4.69) is 14.9 Å². The molecule has 132 valence electrons. The molecule has 1 saturated heterocycles. The summed E-state index contributed by atoms with van der Waals surface area (Å²) in [7, 11) is 5.33. The third kappa shape index (κ3) is 2.17. The van der Waals surface area contributed by atoms with Gasteiger partial charge in [0.15, 0.2) is 0 Å². The van der Waals surface area contributed by atoms with Crippen LogP contribution in [0.25, 0.3) is 11.0 Å². The smallest absolute Gasteiger partial charge is 0.341 e. The standard InChI is InChI=1S/C16H19ClN6O2/c1-8-11(17)12-10-13(18-8)22(4)16(25)19-14(10)23-6-5-20(2)7-9(23)15(24)21(12)3/h9H,5-7H2,1-4H3. The topological polar surface area (TPSA) is 74.6 Å². The van der Waals surface area contributed by atoms with E-state index in [1.807, 2.05) is 11.9 Å². The van der Waals surface area contributed by atoms with E-state index in [-0.39, 0.29) is 5.91 Å². The van der Waals surface area contributed by atoms with Crippen molar-refractivity contribution in [3.63, 3.8) is 0 Å². The average Bonchev–Trinajstić information content (AvgIpc) is 2.66. The zero-order valence-corrected chi connectivity index (χ0v) is 15.3. The molecule has 4 heterocycles. The maximum atomic E-state index is 13.1. The van der Waals surface area contributed by atoms with Crippen LogP contribution >= 0.6 is 11.6 Å². The number of amides is 1. The number of carbonyl (C=O) groups excluding carboxylic acids is 1. The highest BCUT2D eigenvalue weighted by molar-refractivity contribution is 6.37. The summed E-state index contributed by atoms with van der Waals surface area (Å²) in [6.45, 7) is 3.74. The Balaban J connectivity index is 2.15. The summed E-state index contributed by atoms with van der Waals surface area (Å²) < 4.78 is 1.40. The highest BCUT2D eigenvalue weighted by Gasteiger charge is 2.40. The number of carbonyl (C=O) groups is 1. The molecule has 0 spiro atoms. The number of rotatable bonds is 0. The largest absolute Gasteiger partial charge is 0.350 e. The number of nitrogens with zero attached hydrogens (tertiary/aromatic N) is 6. The lowest BCUT2D eigenvalue weighted by atomic mass is 10.1. The Morgan fingerprint density at radius 3 is 2.56 bits per heavy atom. The molecule has 9 heteroatoms. The predicted octanol–water partition coefficient (Wildman–Crippen LogP) is 0.387. The van der Waals surface area contributed by atoms with E-state index < -0.39 is 11.7 Å². The Kier molecular flexibility index (Phi) is 3.52. The van der Waals surface area contributed by atoms with Gasteiger partial charge in [-0.3, -0.25) is 9.36 Å². The Bertz CT molecular complexity index is 971. The van der Waals surface area contributed by atoms with Crippen molar-refractivity contribution in [3.05, 3.63) is 21.2 Å². The summed E-state index contributed by atoms with van der Waals surface area (Å²) >= 11 is 6.53. The first kappa shape index (κ1) is 16.3. The number of fused-ring (bicyclic) bond motifs is 2. The summed E-state index contributed by atoms with van der Waals surface area (Å²) in [5.41, 5.74) is 1.25. The first-order valence-corrected chi connectivity index (χ1v) is 8.48. The molecule has 0 radical (unpaired) electrons. The second kappa shape index (κ2) is 5.40. The van der Waals surface area contributed by atoms with Gasteiger partial charge in [0.1, 0.15) is 17.5 Å². The summed E-state index contributed by atoms with van der Waals surface area (Å²) in [5, 5.41) is 1.07. The van der Waals surface area contributed by atoms with Gasteiger partial charge in [0.2, 0.25) is 0 Å². The van der Waals surface area contributed by atoms with E-state index in [0.717, 1.165) is 6.54 Å². The maximum absolute atomic E-state index is 13.1. The third-order valence-electron chi connectivity index (χ3n) is 5.10. The summed E-state index contributed by atoms with van der Waals surface area (Å²) in [5.74, 6) is 0.437. The molecular weight excluding hydrogens is 344 g/mol. The summed E-state index contributed by atoms with van der Waals surface area (Å²) in [6.07, 6.45) is 0. The van der Waals surface area contributed by atoms with E-state index in [4.69, 9.17) is 11.6 Å². The quantitative estimate of drug-likeness (QED) is 0.675. The molecule has 0 saturated carbocycles. The number of aromatic nitrogens is 3. The van der Waals surface area contributed by atoms with Crippen LogP contribution < -0.4 is 15.5 Å². The van der Waals surface area contributed by atoms with Crippen molar-refractivity contribution in [3.8, 4) is 0 Å². The van der Waals surface area contributed by atoms with Gasteiger partial charge >= 0.3 is 5.69 Å². The van der Waals surface area contributed by atoms with Crippen LogP contribution in [0.1, 0.15) is 5.69 Å². The first-order chi connectivity index (χ1) is 11.8. The molecule has 8 nitrogen and oxygen atoms in total. The van der Waals surface area contributed by atoms with Crippen molar-refractivity contribution in [2.45, 2.75) is 13.0 Å². The van der Waals surface area contributed by atoms with Gasteiger partial charge in [-0.05, 0) is 14.0 Å². The minimum atomic E-state index is -0.407. The second-order valence-electron chi connectivity index (χ2n) is 6.70. The van der Waals surface area contributed by atoms with Crippen LogP contribution in [0, 0.1) is 6.92 Å². The van der Waals surface area contributed by atoms with Crippen LogP contribution in [0.2, 0.25) is 5.02 Å². The van der Waals surface area contributed by atoms with E-state index >= 15 is 0 Å². The fourth-order valence-electron chi connectivity index (χ4n) is 3.65. The molecule has 2 aromatic rings. The van der Waals surface area contributed by atoms with Crippen LogP contribution in [0.15, 0.2) is 4.79 Å². The summed E-state index contributed by atoms with van der Waals surface area (Å²) in [6, 6.07) is -0.407. The van der Waals surface area contributed by atoms with Crippen molar-refractivity contribution in [2.75, 3.05) is 43.5 Å². The zero-order valence-electron chi connectivity index (χ0n) is 14.6. The van der Waals surface area contributed by atoms with E-state index in [1.54, 1.807) is 25.9 Å². The van der Waals surface area contributed by atoms with Crippen molar-refractivity contribution in [1.29, 1.82) is 0 Å². The monoisotopic (exact) mass is 362 g/mol. The van der Waals surface area contributed by atoms with E-state index in [1.165, 1.54) is 4.57 Å². The summed E-state index contributed by atoms with van der Waals surface area (Å²) in [4.78, 5) is 39.9. The molecule has 2 aliphatic heterocycles. The Labute approximate surface area is 149 Å².